The summed E-state index contributed by atoms with van der Waals surface area (Å²) in [5, 5.41) is 12.1. The fraction of sp³-hybridized carbons (Fsp3) is 0.200. The molecule has 2 aromatic heterocycles. The van der Waals surface area contributed by atoms with E-state index in [1.165, 1.54) is 9.13 Å². The Labute approximate surface area is 201 Å². The molecule has 6 nitrogen and oxygen atoms in total. The lowest BCUT2D eigenvalue weighted by Gasteiger charge is -2.18. The van der Waals surface area contributed by atoms with Crippen LogP contribution < -0.4 is 10.6 Å². The number of benzene rings is 2. The summed E-state index contributed by atoms with van der Waals surface area (Å²) in [6.07, 6.45) is 7.41. The van der Waals surface area contributed by atoms with E-state index < -0.39 is 0 Å². The standard InChI is InChI=1S/C25H22Cl2N4O2/c1-29-10-11-31(25(29)33)22-5-4-16(12-21(22)27)19-14-18(26)15-20(24(19)32)17-6-7-28-23(13-17)30-8-2-3-9-30/h4-7,10-15,32H,2-3,8-9H2,1H3. The Hall–Kier alpha value is -3.22. The van der Waals surface area contributed by atoms with Crippen molar-refractivity contribution in [3.05, 3.63) is 81.6 Å². The Morgan fingerprint density at radius 1 is 0.939 bits per heavy atom. The number of phenols is 1. The van der Waals surface area contributed by atoms with E-state index in [4.69, 9.17) is 23.2 Å². The average molecular weight is 481 g/mol. The van der Waals surface area contributed by atoms with Crippen molar-refractivity contribution in [2.75, 3.05) is 18.0 Å². The van der Waals surface area contributed by atoms with Crippen LogP contribution in [0.4, 0.5) is 5.82 Å². The number of imidazole rings is 1. The summed E-state index contributed by atoms with van der Waals surface area (Å²) in [5.41, 5.74) is 3.10. The normalized spacial score (nSPS) is 13.6. The van der Waals surface area contributed by atoms with Crippen LogP contribution in [0.2, 0.25) is 10.0 Å². The molecule has 0 atom stereocenters. The topological polar surface area (TPSA) is 63.3 Å². The van der Waals surface area contributed by atoms with Crippen LogP contribution in [0.5, 0.6) is 5.75 Å². The van der Waals surface area contributed by atoms with Gasteiger partial charge in [0.15, 0.2) is 0 Å². The Balaban J connectivity index is 1.57. The maximum absolute atomic E-state index is 12.3. The van der Waals surface area contributed by atoms with Gasteiger partial charge < -0.3 is 14.6 Å². The quantitative estimate of drug-likeness (QED) is 0.417. The fourth-order valence-electron chi connectivity index (χ4n) is 4.26. The number of aryl methyl sites for hydroxylation is 1. The van der Waals surface area contributed by atoms with Crippen molar-refractivity contribution in [3.8, 4) is 33.7 Å². The summed E-state index contributed by atoms with van der Waals surface area (Å²) in [4.78, 5) is 19.0. The van der Waals surface area contributed by atoms with E-state index in [0.29, 0.717) is 32.4 Å². The highest BCUT2D eigenvalue weighted by molar-refractivity contribution is 6.33. The number of nitrogens with zero attached hydrogens (tertiary/aromatic N) is 4. The molecule has 0 unspecified atom stereocenters. The zero-order valence-electron chi connectivity index (χ0n) is 18.0. The van der Waals surface area contributed by atoms with Gasteiger partial charge in [-0.05, 0) is 60.4 Å². The Morgan fingerprint density at radius 2 is 1.64 bits per heavy atom. The first kappa shape index (κ1) is 21.6. The van der Waals surface area contributed by atoms with E-state index in [-0.39, 0.29) is 11.4 Å². The van der Waals surface area contributed by atoms with Crippen molar-refractivity contribution in [1.29, 1.82) is 0 Å². The Morgan fingerprint density at radius 3 is 2.27 bits per heavy atom. The van der Waals surface area contributed by atoms with Crippen LogP contribution in [0.1, 0.15) is 12.8 Å². The predicted octanol–water partition coefficient (Wildman–Crippen LogP) is 5.52. The second-order valence-electron chi connectivity index (χ2n) is 8.17. The molecule has 0 amide bonds. The molecule has 0 saturated carbocycles. The van der Waals surface area contributed by atoms with Crippen LogP contribution in [-0.4, -0.2) is 32.3 Å². The molecule has 4 aromatic rings. The predicted molar refractivity (Wildman–Crippen MR) is 133 cm³/mol. The Bertz CT molecular complexity index is 1400. The number of phenolic OH excluding ortho intramolecular Hbond substituents is 1. The molecule has 168 valence electrons. The number of hydrogen-bond acceptors (Lipinski definition) is 4. The first-order valence-electron chi connectivity index (χ1n) is 10.7. The molecule has 1 fully saturated rings. The van der Waals surface area contributed by atoms with E-state index in [1.807, 2.05) is 18.2 Å². The van der Waals surface area contributed by atoms with E-state index in [2.05, 4.69) is 9.88 Å². The zero-order valence-corrected chi connectivity index (χ0v) is 19.5. The third kappa shape index (κ3) is 4.01. The summed E-state index contributed by atoms with van der Waals surface area (Å²) >= 11 is 13.0. The van der Waals surface area contributed by atoms with Gasteiger partial charge >= 0.3 is 5.69 Å². The lowest BCUT2D eigenvalue weighted by Crippen LogP contribution is -2.20. The largest absolute Gasteiger partial charge is 0.507 e. The van der Waals surface area contributed by atoms with Crippen molar-refractivity contribution in [2.45, 2.75) is 12.8 Å². The first-order chi connectivity index (χ1) is 15.9. The highest BCUT2D eigenvalue weighted by Gasteiger charge is 2.18. The molecule has 0 spiro atoms. The maximum Gasteiger partial charge on any atom is 0.332 e. The average Bonchev–Trinajstić information content (AvgIpc) is 3.46. The van der Waals surface area contributed by atoms with Gasteiger partial charge in [-0.1, -0.05) is 29.3 Å². The molecular formula is C25H22Cl2N4O2. The van der Waals surface area contributed by atoms with E-state index in [9.17, 15) is 9.90 Å². The first-order valence-corrected chi connectivity index (χ1v) is 11.5. The molecule has 1 saturated heterocycles. The van der Waals surface area contributed by atoms with Gasteiger partial charge in [-0.2, -0.15) is 0 Å². The molecule has 3 heterocycles. The van der Waals surface area contributed by atoms with E-state index in [1.54, 1.807) is 49.9 Å². The lowest BCUT2D eigenvalue weighted by molar-refractivity contribution is 0.479. The highest BCUT2D eigenvalue weighted by Crippen LogP contribution is 2.42. The molecule has 0 aliphatic carbocycles. The number of rotatable bonds is 4. The fourth-order valence-corrected chi connectivity index (χ4v) is 4.75. The molecule has 1 N–H and O–H groups in total. The molecule has 1 aliphatic heterocycles. The van der Waals surface area contributed by atoms with Crippen LogP contribution in [0, 0.1) is 0 Å². The number of hydrogen-bond donors (Lipinski definition) is 1. The molecule has 0 bridgehead atoms. The van der Waals surface area contributed by atoms with Crippen molar-refractivity contribution in [1.82, 2.24) is 14.1 Å². The second-order valence-corrected chi connectivity index (χ2v) is 9.02. The summed E-state index contributed by atoms with van der Waals surface area (Å²) in [5.74, 6) is 1.00. The van der Waals surface area contributed by atoms with Gasteiger partial charge in [0, 0.05) is 54.9 Å². The number of halogens is 2. The van der Waals surface area contributed by atoms with Gasteiger partial charge in [0.25, 0.3) is 0 Å². The van der Waals surface area contributed by atoms with Gasteiger partial charge in [0.1, 0.15) is 11.6 Å². The van der Waals surface area contributed by atoms with Crippen LogP contribution in [-0.2, 0) is 7.05 Å². The van der Waals surface area contributed by atoms with Crippen molar-refractivity contribution in [3.63, 3.8) is 0 Å². The highest BCUT2D eigenvalue weighted by atomic mass is 35.5. The molecule has 5 rings (SSSR count). The molecule has 33 heavy (non-hydrogen) atoms. The van der Waals surface area contributed by atoms with E-state index >= 15 is 0 Å². The lowest BCUT2D eigenvalue weighted by atomic mass is 9.97. The summed E-state index contributed by atoms with van der Waals surface area (Å²) < 4.78 is 2.96. The van der Waals surface area contributed by atoms with Gasteiger partial charge in [0.05, 0.1) is 10.7 Å². The monoisotopic (exact) mass is 480 g/mol. The maximum atomic E-state index is 12.3. The zero-order chi connectivity index (χ0) is 23.1. The molecule has 1 aliphatic rings. The number of anilines is 1. The summed E-state index contributed by atoms with van der Waals surface area (Å²) in [7, 11) is 1.68. The van der Waals surface area contributed by atoms with Gasteiger partial charge in [-0.3, -0.25) is 4.57 Å². The van der Waals surface area contributed by atoms with Gasteiger partial charge in [-0.25, -0.2) is 9.78 Å². The molecular weight excluding hydrogens is 459 g/mol. The second kappa shape index (κ2) is 8.61. The third-order valence-electron chi connectivity index (χ3n) is 6.03. The number of aromatic hydroxyl groups is 1. The summed E-state index contributed by atoms with van der Waals surface area (Å²) in [6, 6.07) is 12.6. The molecule has 0 radical (unpaired) electrons. The summed E-state index contributed by atoms with van der Waals surface area (Å²) in [6.45, 7) is 1.97. The minimum absolute atomic E-state index is 0.110. The third-order valence-corrected chi connectivity index (χ3v) is 6.55. The minimum Gasteiger partial charge on any atom is -0.507 e. The van der Waals surface area contributed by atoms with Crippen molar-refractivity contribution in [2.24, 2.45) is 7.05 Å². The number of pyridine rings is 1. The van der Waals surface area contributed by atoms with Crippen LogP contribution in [0.15, 0.2) is 65.8 Å². The SMILES string of the molecule is Cn1ccn(-c2ccc(-c3cc(Cl)cc(-c4ccnc(N5CCCC5)c4)c3O)cc2Cl)c1=O. The van der Waals surface area contributed by atoms with Gasteiger partial charge in [0.2, 0.25) is 0 Å². The van der Waals surface area contributed by atoms with Crippen LogP contribution in [0.3, 0.4) is 0 Å². The van der Waals surface area contributed by atoms with Gasteiger partial charge in [-0.15, -0.1) is 0 Å². The number of aromatic nitrogens is 3. The Kier molecular flexibility index (Phi) is 5.64. The van der Waals surface area contributed by atoms with E-state index in [0.717, 1.165) is 37.3 Å². The molecule has 2 aromatic carbocycles. The minimum atomic E-state index is -0.191. The smallest absolute Gasteiger partial charge is 0.332 e. The van der Waals surface area contributed by atoms with Crippen LogP contribution >= 0.6 is 23.2 Å². The van der Waals surface area contributed by atoms with Crippen molar-refractivity contribution < 1.29 is 5.11 Å². The molecule has 8 heteroatoms. The van der Waals surface area contributed by atoms with Crippen LogP contribution in [0.25, 0.3) is 27.9 Å². The van der Waals surface area contributed by atoms with Crippen molar-refractivity contribution >= 4 is 29.0 Å².